The number of benzene rings is 3. The van der Waals surface area contributed by atoms with E-state index in [0.717, 1.165) is 5.56 Å². The van der Waals surface area contributed by atoms with Crippen molar-refractivity contribution in [3.05, 3.63) is 96.1 Å². The molecule has 0 bridgehead atoms. The Kier molecular flexibility index (Phi) is 7.40. The summed E-state index contributed by atoms with van der Waals surface area (Å²) in [5, 5.41) is 5.75. The number of amides is 2. The Balaban J connectivity index is 1.35. The second kappa shape index (κ2) is 10.6. The zero-order valence-corrected chi connectivity index (χ0v) is 19.5. The molecule has 1 heterocycles. The molecule has 2 N–H and O–H groups in total. The van der Waals surface area contributed by atoms with Gasteiger partial charge in [0.1, 0.15) is 0 Å². The van der Waals surface area contributed by atoms with Gasteiger partial charge in [-0.25, -0.2) is 12.7 Å². The van der Waals surface area contributed by atoms with Crippen LogP contribution in [0.3, 0.4) is 0 Å². The molecular formula is C26H27N3O4S. The maximum Gasteiger partial charge on any atom is 0.255 e. The van der Waals surface area contributed by atoms with Crippen LogP contribution in [0, 0.1) is 5.92 Å². The van der Waals surface area contributed by atoms with Crippen LogP contribution < -0.4 is 10.6 Å². The van der Waals surface area contributed by atoms with E-state index in [2.05, 4.69) is 10.6 Å². The minimum absolute atomic E-state index is 0.0425. The number of rotatable bonds is 7. The molecule has 3 aromatic carbocycles. The fraction of sp³-hybridized carbons (Fsp3) is 0.231. The molecular weight excluding hydrogens is 450 g/mol. The minimum atomic E-state index is -3.44. The maximum absolute atomic E-state index is 12.9. The highest BCUT2D eigenvalue weighted by Crippen LogP contribution is 2.26. The third-order valence-electron chi connectivity index (χ3n) is 5.88. The zero-order chi connectivity index (χ0) is 24.0. The molecule has 3 aromatic rings. The zero-order valence-electron chi connectivity index (χ0n) is 18.7. The summed E-state index contributed by atoms with van der Waals surface area (Å²) < 4.78 is 27.0. The molecule has 0 radical (unpaired) electrons. The standard InChI is InChI=1S/C26H27N3O4S/c30-25(21-11-5-2-6-12-21)27-23-13-7-8-14-24(23)28-26(31)22-15-17-29(18-16-22)34(32,33)19-20-9-3-1-4-10-20/h1-14,22H,15-19H2,(H,27,30)(H,28,31). The molecule has 1 aliphatic rings. The highest BCUT2D eigenvalue weighted by atomic mass is 32.2. The molecule has 0 spiro atoms. The maximum atomic E-state index is 12.9. The van der Waals surface area contributed by atoms with Crippen LogP contribution in [0.4, 0.5) is 11.4 Å². The fourth-order valence-electron chi connectivity index (χ4n) is 3.99. The Bertz CT molecular complexity index is 1240. The van der Waals surface area contributed by atoms with Crippen LogP contribution in [-0.2, 0) is 20.6 Å². The van der Waals surface area contributed by atoms with Gasteiger partial charge in [0.25, 0.3) is 5.91 Å². The highest BCUT2D eigenvalue weighted by Gasteiger charge is 2.31. The predicted octanol–water partition coefficient (Wildman–Crippen LogP) is 4.12. The quantitative estimate of drug-likeness (QED) is 0.535. The molecule has 7 nitrogen and oxygen atoms in total. The average molecular weight is 478 g/mol. The monoisotopic (exact) mass is 477 g/mol. The average Bonchev–Trinajstić information content (AvgIpc) is 2.86. The number of carbonyl (C=O) groups is 2. The summed E-state index contributed by atoms with van der Waals surface area (Å²) in [5.41, 5.74) is 2.28. The van der Waals surface area contributed by atoms with Crippen molar-refractivity contribution in [2.24, 2.45) is 5.92 Å². The summed E-state index contributed by atoms with van der Waals surface area (Å²) in [6, 6.07) is 25.0. The lowest BCUT2D eigenvalue weighted by atomic mass is 9.97. The van der Waals surface area contributed by atoms with Gasteiger partial charge in [-0.15, -0.1) is 0 Å². The molecule has 34 heavy (non-hydrogen) atoms. The van der Waals surface area contributed by atoms with Crippen molar-refractivity contribution in [1.82, 2.24) is 4.31 Å². The number of piperidine rings is 1. The van der Waals surface area contributed by atoms with E-state index in [1.165, 1.54) is 4.31 Å². The number of hydrogen-bond acceptors (Lipinski definition) is 4. The van der Waals surface area contributed by atoms with Gasteiger partial charge in [0.15, 0.2) is 0 Å². The van der Waals surface area contributed by atoms with Crippen LogP contribution in [0.2, 0.25) is 0 Å². The van der Waals surface area contributed by atoms with Crippen molar-refractivity contribution in [3.63, 3.8) is 0 Å². The van der Waals surface area contributed by atoms with Gasteiger partial charge >= 0.3 is 0 Å². The summed E-state index contributed by atoms with van der Waals surface area (Å²) in [4.78, 5) is 25.5. The Morgan fingerprint density at radius 1 is 0.765 bits per heavy atom. The molecule has 8 heteroatoms. The van der Waals surface area contributed by atoms with E-state index in [9.17, 15) is 18.0 Å². The van der Waals surface area contributed by atoms with Gasteiger partial charge in [0, 0.05) is 24.6 Å². The number of para-hydroxylation sites is 2. The van der Waals surface area contributed by atoms with Crippen LogP contribution in [0.5, 0.6) is 0 Å². The molecule has 1 aliphatic heterocycles. The lowest BCUT2D eigenvalue weighted by molar-refractivity contribution is -0.120. The summed E-state index contributed by atoms with van der Waals surface area (Å²) in [6.07, 6.45) is 0.886. The third kappa shape index (κ3) is 5.89. The van der Waals surface area contributed by atoms with Crippen LogP contribution in [0.15, 0.2) is 84.9 Å². The van der Waals surface area contributed by atoms with E-state index in [1.54, 1.807) is 60.7 Å². The van der Waals surface area contributed by atoms with Crippen molar-refractivity contribution in [3.8, 4) is 0 Å². The lowest BCUT2D eigenvalue weighted by Crippen LogP contribution is -2.41. The summed E-state index contributed by atoms with van der Waals surface area (Å²) >= 11 is 0. The molecule has 4 rings (SSSR count). The van der Waals surface area contributed by atoms with Crippen molar-refractivity contribution in [2.75, 3.05) is 23.7 Å². The largest absolute Gasteiger partial charge is 0.324 e. The number of nitrogens with zero attached hydrogens (tertiary/aromatic N) is 1. The summed E-state index contributed by atoms with van der Waals surface area (Å²) in [6.45, 7) is 0.610. The SMILES string of the molecule is O=C(Nc1ccccc1NC(=O)C1CCN(S(=O)(=O)Cc2ccccc2)CC1)c1ccccc1. The van der Waals surface area contributed by atoms with Crippen molar-refractivity contribution < 1.29 is 18.0 Å². The third-order valence-corrected chi connectivity index (χ3v) is 7.73. The van der Waals surface area contributed by atoms with Gasteiger partial charge in [-0.1, -0.05) is 60.7 Å². The molecule has 0 aliphatic carbocycles. The Morgan fingerprint density at radius 3 is 1.91 bits per heavy atom. The van der Waals surface area contributed by atoms with Gasteiger partial charge in [0.05, 0.1) is 17.1 Å². The second-order valence-corrected chi connectivity index (χ2v) is 10.2. The van der Waals surface area contributed by atoms with Crippen molar-refractivity contribution in [2.45, 2.75) is 18.6 Å². The number of anilines is 2. The number of nitrogens with one attached hydrogen (secondary N) is 2. The van der Waals surface area contributed by atoms with Gasteiger partial charge in [0.2, 0.25) is 15.9 Å². The van der Waals surface area contributed by atoms with Crippen molar-refractivity contribution in [1.29, 1.82) is 0 Å². The predicted molar refractivity (Wildman–Crippen MR) is 133 cm³/mol. The molecule has 0 aromatic heterocycles. The normalized spacial score (nSPS) is 14.9. The first-order valence-corrected chi connectivity index (χ1v) is 12.8. The van der Waals surface area contributed by atoms with Crippen molar-refractivity contribution >= 4 is 33.2 Å². The van der Waals surface area contributed by atoms with Gasteiger partial charge in [-0.2, -0.15) is 0 Å². The molecule has 1 saturated heterocycles. The minimum Gasteiger partial charge on any atom is -0.324 e. The molecule has 0 saturated carbocycles. The van der Waals surface area contributed by atoms with Crippen LogP contribution in [-0.4, -0.2) is 37.6 Å². The summed E-state index contributed by atoms with van der Waals surface area (Å²) in [7, 11) is -3.44. The molecule has 0 atom stereocenters. The van der Waals surface area contributed by atoms with E-state index < -0.39 is 10.0 Å². The topological polar surface area (TPSA) is 95.6 Å². The fourth-order valence-corrected chi connectivity index (χ4v) is 5.56. The lowest BCUT2D eigenvalue weighted by Gasteiger charge is -2.30. The second-order valence-electron chi connectivity index (χ2n) is 8.27. The summed E-state index contributed by atoms with van der Waals surface area (Å²) in [5.74, 6) is -0.791. The highest BCUT2D eigenvalue weighted by molar-refractivity contribution is 7.88. The number of hydrogen-bond donors (Lipinski definition) is 2. The molecule has 176 valence electrons. The van der Waals surface area contributed by atoms with E-state index in [0.29, 0.717) is 42.9 Å². The first-order valence-electron chi connectivity index (χ1n) is 11.2. The first-order chi connectivity index (χ1) is 16.4. The van der Waals surface area contributed by atoms with E-state index >= 15 is 0 Å². The van der Waals surface area contributed by atoms with E-state index in [-0.39, 0.29) is 23.5 Å². The first kappa shape index (κ1) is 23.7. The molecule has 2 amide bonds. The van der Waals surface area contributed by atoms with Crippen LogP contribution in [0.1, 0.15) is 28.8 Å². The van der Waals surface area contributed by atoms with Gasteiger partial charge in [-0.3, -0.25) is 9.59 Å². The Hall–Kier alpha value is -3.49. The molecule has 1 fully saturated rings. The molecule has 0 unspecified atom stereocenters. The van der Waals surface area contributed by atoms with E-state index in [1.807, 2.05) is 24.3 Å². The van der Waals surface area contributed by atoms with E-state index in [4.69, 9.17) is 0 Å². The number of carbonyl (C=O) groups excluding carboxylic acids is 2. The van der Waals surface area contributed by atoms with Gasteiger partial charge < -0.3 is 10.6 Å². The van der Waals surface area contributed by atoms with Gasteiger partial charge in [-0.05, 0) is 42.7 Å². The number of sulfonamides is 1. The van der Waals surface area contributed by atoms with Crippen LogP contribution >= 0.6 is 0 Å². The smallest absolute Gasteiger partial charge is 0.255 e. The Morgan fingerprint density at radius 2 is 1.29 bits per heavy atom. The Labute approximate surface area is 199 Å². The van der Waals surface area contributed by atoms with Crippen LogP contribution in [0.25, 0.3) is 0 Å².